The zero-order chi connectivity index (χ0) is 25.3. The molecule has 0 atom stereocenters. The minimum Gasteiger partial charge on any atom is -0.493 e. The molecule has 1 N–H and O–H groups in total. The van der Waals surface area contributed by atoms with E-state index in [2.05, 4.69) is 59.3 Å². The van der Waals surface area contributed by atoms with E-state index in [0.717, 1.165) is 49.1 Å². The molecule has 4 rings (SSSR count). The van der Waals surface area contributed by atoms with Crippen LogP contribution in [0.5, 0.6) is 11.5 Å². The largest absolute Gasteiger partial charge is 0.493 e. The predicted molar refractivity (Wildman–Crippen MR) is 144 cm³/mol. The van der Waals surface area contributed by atoms with E-state index in [-0.39, 0.29) is 5.91 Å². The second kappa shape index (κ2) is 12.2. The number of amides is 1. The molecule has 0 saturated heterocycles. The third-order valence-electron chi connectivity index (χ3n) is 6.37. The second-order valence-corrected chi connectivity index (χ2v) is 9.12. The summed E-state index contributed by atoms with van der Waals surface area (Å²) in [5.74, 6) is 2.43. The van der Waals surface area contributed by atoms with Gasteiger partial charge in [-0.1, -0.05) is 54.4 Å². The van der Waals surface area contributed by atoms with Gasteiger partial charge in [-0.2, -0.15) is 0 Å². The first-order valence-electron chi connectivity index (χ1n) is 12.5. The Hall–Kier alpha value is -3.80. The Bertz CT molecular complexity index is 1310. The Morgan fingerprint density at radius 1 is 0.889 bits per heavy atom. The molecule has 0 radical (unpaired) electrons. The van der Waals surface area contributed by atoms with Crippen LogP contribution in [0.4, 0.5) is 0 Å². The summed E-state index contributed by atoms with van der Waals surface area (Å²) in [5, 5.41) is 3.03. The summed E-state index contributed by atoms with van der Waals surface area (Å²) in [6.45, 7) is 3.62. The molecule has 0 fully saturated rings. The molecule has 4 aromatic rings. The van der Waals surface area contributed by atoms with Crippen LogP contribution in [0.25, 0.3) is 11.0 Å². The van der Waals surface area contributed by atoms with Crippen LogP contribution >= 0.6 is 0 Å². The fourth-order valence-corrected chi connectivity index (χ4v) is 4.54. The molecule has 0 aliphatic carbocycles. The number of aromatic nitrogens is 2. The standard InChI is InChI=1S/C30H35N3O3/c1-22-10-9-11-24(18-22)21-33-26-13-7-6-12-25(26)32-29(33)14-5-4-8-17-31-30(34)20-23-15-16-27(35-2)28(19-23)36-3/h6-7,9-13,15-16,18-19H,4-5,8,14,17,20-21H2,1-3H3,(H,31,34). The first-order chi connectivity index (χ1) is 17.6. The second-order valence-electron chi connectivity index (χ2n) is 9.12. The van der Waals surface area contributed by atoms with Crippen molar-refractivity contribution in [2.24, 2.45) is 0 Å². The highest BCUT2D eigenvalue weighted by atomic mass is 16.5. The van der Waals surface area contributed by atoms with Crippen LogP contribution in [-0.4, -0.2) is 36.2 Å². The number of nitrogens with zero attached hydrogens (tertiary/aromatic N) is 2. The zero-order valence-electron chi connectivity index (χ0n) is 21.4. The number of aryl methyl sites for hydroxylation is 2. The lowest BCUT2D eigenvalue weighted by atomic mass is 10.1. The summed E-state index contributed by atoms with van der Waals surface area (Å²) < 4.78 is 12.9. The Labute approximate surface area is 213 Å². The van der Waals surface area contributed by atoms with Crippen LogP contribution in [0.3, 0.4) is 0 Å². The van der Waals surface area contributed by atoms with E-state index >= 15 is 0 Å². The van der Waals surface area contributed by atoms with E-state index in [1.165, 1.54) is 16.6 Å². The van der Waals surface area contributed by atoms with E-state index < -0.39 is 0 Å². The van der Waals surface area contributed by atoms with Crippen molar-refractivity contribution in [1.29, 1.82) is 0 Å². The lowest BCUT2D eigenvalue weighted by molar-refractivity contribution is -0.120. The van der Waals surface area contributed by atoms with Gasteiger partial charge in [-0.25, -0.2) is 4.98 Å². The van der Waals surface area contributed by atoms with Gasteiger partial charge >= 0.3 is 0 Å². The molecule has 0 aliphatic heterocycles. The molecule has 36 heavy (non-hydrogen) atoms. The van der Waals surface area contributed by atoms with Crippen LogP contribution in [0.15, 0.2) is 66.7 Å². The first kappa shape index (κ1) is 25.3. The fourth-order valence-electron chi connectivity index (χ4n) is 4.54. The van der Waals surface area contributed by atoms with Crippen LogP contribution in [0.1, 0.15) is 41.8 Å². The maximum atomic E-state index is 12.4. The van der Waals surface area contributed by atoms with E-state index in [1.807, 2.05) is 24.3 Å². The monoisotopic (exact) mass is 485 g/mol. The van der Waals surface area contributed by atoms with Crippen LogP contribution in [0.2, 0.25) is 0 Å². The Balaban J connectivity index is 1.26. The van der Waals surface area contributed by atoms with Crippen molar-refractivity contribution in [3.63, 3.8) is 0 Å². The molecule has 3 aromatic carbocycles. The highest BCUT2D eigenvalue weighted by Crippen LogP contribution is 2.27. The molecule has 0 aliphatic rings. The van der Waals surface area contributed by atoms with Gasteiger partial charge < -0.3 is 19.4 Å². The third-order valence-corrected chi connectivity index (χ3v) is 6.37. The van der Waals surface area contributed by atoms with Gasteiger partial charge in [0.25, 0.3) is 0 Å². The number of para-hydroxylation sites is 2. The number of carbonyl (C=O) groups excluding carboxylic acids is 1. The number of hydrogen-bond donors (Lipinski definition) is 1. The number of benzene rings is 3. The Kier molecular flexibility index (Phi) is 8.61. The summed E-state index contributed by atoms with van der Waals surface area (Å²) in [5.41, 5.74) is 5.68. The average molecular weight is 486 g/mol. The summed E-state index contributed by atoms with van der Waals surface area (Å²) in [6.07, 6.45) is 4.24. The lowest BCUT2D eigenvalue weighted by Gasteiger charge is -2.11. The van der Waals surface area contributed by atoms with Gasteiger partial charge in [-0.15, -0.1) is 0 Å². The van der Waals surface area contributed by atoms with Crippen molar-refractivity contribution < 1.29 is 14.3 Å². The number of hydrogen-bond acceptors (Lipinski definition) is 4. The van der Waals surface area contributed by atoms with E-state index in [9.17, 15) is 4.79 Å². The minimum atomic E-state index is 0.0159. The predicted octanol–water partition coefficient (Wildman–Crippen LogP) is 5.48. The van der Waals surface area contributed by atoms with Gasteiger partial charge in [-0.05, 0) is 55.2 Å². The maximum absolute atomic E-state index is 12.4. The number of fused-ring (bicyclic) bond motifs is 1. The molecule has 0 saturated carbocycles. The summed E-state index contributed by atoms with van der Waals surface area (Å²) in [6, 6.07) is 22.6. The van der Waals surface area contributed by atoms with Gasteiger partial charge in [0.2, 0.25) is 5.91 Å². The van der Waals surface area contributed by atoms with Gasteiger partial charge in [0.15, 0.2) is 11.5 Å². The molecule has 6 nitrogen and oxygen atoms in total. The Morgan fingerprint density at radius 2 is 1.72 bits per heavy atom. The van der Waals surface area contributed by atoms with Crippen molar-refractivity contribution in [2.45, 2.75) is 45.6 Å². The highest BCUT2D eigenvalue weighted by molar-refractivity contribution is 5.78. The number of carbonyl (C=O) groups is 1. The fraction of sp³-hybridized carbons (Fsp3) is 0.333. The van der Waals surface area contributed by atoms with Crippen molar-refractivity contribution in [2.75, 3.05) is 20.8 Å². The van der Waals surface area contributed by atoms with Crippen molar-refractivity contribution in [3.8, 4) is 11.5 Å². The summed E-state index contributed by atoms with van der Waals surface area (Å²) in [7, 11) is 3.20. The van der Waals surface area contributed by atoms with Crippen molar-refractivity contribution >= 4 is 16.9 Å². The van der Waals surface area contributed by atoms with Crippen LogP contribution in [-0.2, 0) is 24.2 Å². The average Bonchev–Trinajstić information content (AvgIpc) is 3.23. The first-order valence-corrected chi connectivity index (χ1v) is 12.5. The van der Waals surface area contributed by atoms with Gasteiger partial charge in [0.1, 0.15) is 5.82 Å². The number of methoxy groups -OCH3 is 2. The van der Waals surface area contributed by atoms with E-state index in [1.54, 1.807) is 14.2 Å². The van der Waals surface area contributed by atoms with E-state index in [4.69, 9.17) is 14.5 Å². The zero-order valence-corrected chi connectivity index (χ0v) is 21.4. The van der Waals surface area contributed by atoms with Gasteiger partial charge in [0, 0.05) is 19.5 Å². The molecular weight excluding hydrogens is 450 g/mol. The lowest BCUT2D eigenvalue weighted by Crippen LogP contribution is -2.26. The van der Waals surface area contributed by atoms with Gasteiger partial charge in [-0.3, -0.25) is 4.79 Å². The van der Waals surface area contributed by atoms with Gasteiger partial charge in [0.05, 0.1) is 31.7 Å². The minimum absolute atomic E-state index is 0.0159. The molecule has 6 heteroatoms. The number of unbranched alkanes of at least 4 members (excludes halogenated alkanes) is 2. The van der Waals surface area contributed by atoms with E-state index in [0.29, 0.717) is 24.5 Å². The molecule has 1 amide bonds. The SMILES string of the molecule is COc1ccc(CC(=O)NCCCCCc2nc3ccccc3n2Cc2cccc(C)c2)cc1OC. The smallest absolute Gasteiger partial charge is 0.224 e. The molecule has 0 unspecified atom stereocenters. The summed E-state index contributed by atoms with van der Waals surface area (Å²) in [4.78, 5) is 17.3. The molecule has 0 bridgehead atoms. The molecule has 1 heterocycles. The third kappa shape index (κ3) is 6.45. The normalized spacial score (nSPS) is 11.0. The van der Waals surface area contributed by atoms with Crippen molar-refractivity contribution in [3.05, 3.63) is 89.2 Å². The van der Waals surface area contributed by atoms with Crippen LogP contribution in [0, 0.1) is 6.92 Å². The molecular formula is C30H35N3O3. The highest BCUT2D eigenvalue weighted by Gasteiger charge is 2.11. The molecule has 0 spiro atoms. The molecule has 188 valence electrons. The number of nitrogens with one attached hydrogen (secondary N) is 1. The maximum Gasteiger partial charge on any atom is 0.224 e. The van der Waals surface area contributed by atoms with Crippen LogP contribution < -0.4 is 14.8 Å². The summed E-state index contributed by atoms with van der Waals surface area (Å²) >= 11 is 0. The van der Waals surface area contributed by atoms with Crippen molar-refractivity contribution in [1.82, 2.24) is 14.9 Å². The quantitative estimate of drug-likeness (QED) is 0.270. The number of imidazole rings is 1. The Morgan fingerprint density at radius 3 is 2.53 bits per heavy atom. The number of rotatable bonds is 12. The topological polar surface area (TPSA) is 65.4 Å². The number of ether oxygens (including phenoxy) is 2. The molecule has 1 aromatic heterocycles.